The first kappa shape index (κ1) is 23.8. The number of hydrogen-bond donors (Lipinski definition) is 2. The maximum atomic E-state index is 13.3. The van der Waals surface area contributed by atoms with Crippen LogP contribution in [0.4, 0.5) is 5.82 Å². The van der Waals surface area contributed by atoms with E-state index in [0.29, 0.717) is 12.2 Å². The monoisotopic (exact) mass is 417 g/mol. The number of aromatic nitrogens is 1. The summed E-state index contributed by atoms with van der Waals surface area (Å²) in [6.45, 7) is 14.7. The van der Waals surface area contributed by atoms with Crippen LogP contribution < -0.4 is 15.5 Å². The van der Waals surface area contributed by atoms with E-state index in [1.54, 1.807) is 38.8 Å². The number of carbonyl (C=O) groups excluding carboxylic acids is 3. The second-order valence-electron chi connectivity index (χ2n) is 8.97. The first-order valence-corrected chi connectivity index (χ1v) is 10.3. The van der Waals surface area contributed by atoms with Gasteiger partial charge < -0.3 is 10.1 Å². The molecule has 1 aliphatic rings. The quantitative estimate of drug-likeness (QED) is 0.654. The molecular formula is C22H33N4O4. The molecule has 0 aromatic carbocycles. The van der Waals surface area contributed by atoms with Crippen LogP contribution in [0.1, 0.15) is 47.1 Å². The molecule has 3 atom stereocenters. The van der Waals surface area contributed by atoms with Crippen molar-refractivity contribution >= 4 is 23.6 Å². The molecule has 0 unspecified atom stereocenters. The van der Waals surface area contributed by atoms with Gasteiger partial charge >= 0.3 is 5.97 Å². The van der Waals surface area contributed by atoms with Gasteiger partial charge in [0.2, 0.25) is 5.91 Å². The molecule has 2 N–H and O–H groups in total. The number of nitrogens with zero attached hydrogens (tertiary/aromatic N) is 2. The molecule has 8 heteroatoms. The minimum atomic E-state index is -0.736. The fourth-order valence-corrected chi connectivity index (χ4v) is 3.26. The lowest BCUT2D eigenvalue weighted by Gasteiger charge is -2.30. The van der Waals surface area contributed by atoms with Gasteiger partial charge in [-0.3, -0.25) is 24.6 Å². The van der Waals surface area contributed by atoms with Crippen LogP contribution in [0.15, 0.2) is 18.3 Å². The van der Waals surface area contributed by atoms with E-state index in [0.717, 1.165) is 5.56 Å². The zero-order valence-electron chi connectivity index (χ0n) is 18.7. The highest BCUT2D eigenvalue weighted by Crippen LogP contribution is 2.30. The molecule has 0 saturated carbocycles. The Kier molecular flexibility index (Phi) is 7.58. The van der Waals surface area contributed by atoms with E-state index in [1.165, 1.54) is 0 Å². The number of esters is 1. The maximum Gasteiger partial charge on any atom is 0.320 e. The van der Waals surface area contributed by atoms with Gasteiger partial charge in [0.15, 0.2) is 0 Å². The lowest BCUT2D eigenvalue weighted by Crippen LogP contribution is -2.56. The first-order valence-electron chi connectivity index (χ1n) is 10.3. The lowest BCUT2D eigenvalue weighted by molar-refractivity contribution is -0.153. The molecule has 0 spiro atoms. The number of rotatable bonds is 7. The van der Waals surface area contributed by atoms with E-state index in [-0.39, 0.29) is 30.3 Å². The number of pyridine rings is 1. The Balaban J connectivity index is 2.02. The van der Waals surface area contributed by atoms with Crippen molar-refractivity contribution in [3.05, 3.63) is 30.8 Å². The predicted molar refractivity (Wildman–Crippen MR) is 115 cm³/mol. The van der Waals surface area contributed by atoms with Crippen molar-refractivity contribution in [3.63, 3.8) is 0 Å². The van der Waals surface area contributed by atoms with Gasteiger partial charge in [0, 0.05) is 12.2 Å². The van der Waals surface area contributed by atoms with Gasteiger partial charge in [0.1, 0.15) is 17.5 Å². The van der Waals surface area contributed by atoms with Crippen molar-refractivity contribution in [2.45, 2.75) is 71.7 Å². The number of carbonyl (C=O) groups is 3. The molecule has 2 rings (SSSR count). The number of nitrogens with one attached hydrogen (secondary N) is 2. The van der Waals surface area contributed by atoms with Gasteiger partial charge in [-0.15, -0.1) is 0 Å². The third-order valence-corrected chi connectivity index (χ3v) is 4.75. The number of amides is 2. The number of fused-ring (bicyclic) bond motifs is 1. The Bertz CT molecular complexity index is 788. The summed E-state index contributed by atoms with van der Waals surface area (Å²) in [6, 6.07) is 2.08. The fourth-order valence-electron chi connectivity index (χ4n) is 3.26. The highest BCUT2D eigenvalue weighted by molar-refractivity contribution is 6.01. The number of hydrogen-bond acceptors (Lipinski definition) is 6. The third-order valence-electron chi connectivity index (χ3n) is 4.75. The summed E-state index contributed by atoms with van der Waals surface area (Å²) in [6.07, 6.45) is 2.27. The molecule has 8 nitrogen and oxygen atoms in total. The second kappa shape index (κ2) is 9.55. The number of anilines is 1. The Morgan fingerprint density at radius 1 is 1.30 bits per heavy atom. The summed E-state index contributed by atoms with van der Waals surface area (Å²) in [7, 11) is 0. The Hall–Kier alpha value is -2.48. The zero-order valence-corrected chi connectivity index (χ0v) is 18.7. The molecule has 2 heterocycles. The molecule has 1 aliphatic heterocycles. The van der Waals surface area contributed by atoms with Gasteiger partial charge in [-0.25, -0.2) is 4.98 Å². The number of ether oxygens (including phenoxy) is 1. The van der Waals surface area contributed by atoms with Crippen LogP contribution in [0.3, 0.4) is 0 Å². The van der Waals surface area contributed by atoms with Crippen LogP contribution in [0, 0.1) is 12.8 Å². The average Bonchev–Trinajstić information content (AvgIpc) is 2.97. The van der Waals surface area contributed by atoms with Crippen molar-refractivity contribution < 1.29 is 19.1 Å². The Morgan fingerprint density at radius 2 is 1.97 bits per heavy atom. The topological polar surface area (TPSA) is 101 Å². The smallest absolute Gasteiger partial charge is 0.320 e. The summed E-state index contributed by atoms with van der Waals surface area (Å²) in [5.41, 5.74) is 0.372. The van der Waals surface area contributed by atoms with Crippen molar-refractivity contribution in [1.82, 2.24) is 15.6 Å². The van der Waals surface area contributed by atoms with E-state index < -0.39 is 23.7 Å². The van der Waals surface area contributed by atoms with Crippen LogP contribution in [0.5, 0.6) is 0 Å². The summed E-state index contributed by atoms with van der Waals surface area (Å²) < 4.78 is 5.23. The Morgan fingerprint density at radius 3 is 2.57 bits per heavy atom. The minimum absolute atomic E-state index is 0.101. The van der Waals surface area contributed by atoms with Crippen LogP contribution in [-0.2, 0) is 25.5 Å². The van der Waals surface area contributed by atoms with Crippen molar-refractivity contribution in [2.24, 2.45) is 5.92 Å². The molecule has 1 aromatic rings. The fraction of sp³-hybridized carbons (Fsp3) is 0.591. The molecule has 1 radical (unpaired) electrons. The van der Waals surface area contributed by atoms with Crippen molar-refractivity contribution in [2.75, 3.05) is 11.4 Å². The van der Waals surface area contributed by atoms with E-state index in [4.69, 9.17) is 4.74 Å². The largest absolute Gasteiger partial charge is 0.459 e. The van der Waals surface area contributed by atoms with Crippen molar-refractivity contribution in [3.8, 4) is 0 Å². The molecule has 2 amide bonds. The molecule has 165 valence electrons. The standard InChI is InChI=1S/C22H33N4O4/c1-13(2)18(21(29)26-14(3)11-16-9-8-10-23-19(16)26)25-20(28)15(4)24-12-17(27)30-22(5,6)7/h8-10,13-15,18,24H,3,11-12H2,1-2,4-7H3,(H,25,28)/t14-,15-,18-/m0/s1. The van der Waals surface area contributed by atoms with E-state index in [1.807, 2.05) is 26.0 Å². The zero-order chi connectivity index (χ0) is 22.6. The normalized spacial score (nSPS) is 18.0. The third kappa shape index (κ3) is 6.01. The summed E-state index contributed by atoms with van der Waals surface area (Å²) in [5, 5.41) is 5.66. The maximum absolute atomic E-state index is 13.3. The minimum Gasteiger partial charge on any atom is -0.459 e. The molecular weight excluding hydrogens is 384 g/mol. The second-order valence-corrected chi connectivity index (χ2v) is 8.97. The summed E-state index contributed by atoms with van der Waals surface area (Å²) in [5.74, 6) is -0.599. The van der Waals surface area contributed by atoms with E-state index in [2.05, 4.69) is 22.5 Å². The molecule has 0 fully saturated rings. The molecule has 0 saturated heterocycles. The molecule has 1 aromatic heterocycles. The summed E-state index contributed by atoms with van der Waals surface area (Å²) in [4.78, 5) is 43.7. The van der Waals surface area contributed by atoms with E-state index >= 15 is 0 Å². The van der Waals surface area contributed by atoms with Gasteiger partial charge in [0.25, 0.3) is 5.91 Å². The average molecular weight is 418 g/mol. The molecule has 30 heavy (non-hydrogen) atoms. The first-order chi connectivity index (χ1) is 13.9. The highest BCUT2D eigenvalue weighted by atomic mass is 16.6. The van der Waals surface area contributed by atoms with Gasteiger partial charge in [-0.2, -0.15) is 0 Å². The Labute approximate surface area is 178 Å². The van der Waals surface area contributed by atoms with Gasteiger partial charge in [0.05, 0.1) is 12.6 Å². The van der Waals surface area contributed by atoms with Gasteiger partial charge in [-0.05, 0) is 58.6 Å². The molecule has 0 aliphatic carbocycles. The molecule has 0 bridgehead atoms. The van der Waals surface area contributed by atoms with E-state index in [9.17, 15) is 14.4 Å². The highest BCUT2D eigenvalue weighted by Gasteiger charge is 2.38. The SMILES string of the molecule is [CH2][C@H]1Cc2cccnc2N1C(=O)[C@@H](NC(=O)[C@H](C)NCC(=O)OC(C)(C)C)C(C)C. The van der Waals surface area contributed by atoms with Gasteiger partial charge in [-0.1, -0.05) is 19.9 Å². The summed E-state index contributed by atoms with van der Waals surface area (Å²) >= 11 is 0. The van der Waals surface area contributed by atoms with Crippen LogP contribution in [-0.4, -0.2) is 53.0 Å². The van der Waals surface area contributed by atoms with Crippen LogP contribution in [0.25, 0.3) is 0 Å². The lowest BCUT2D eigenvalue weighted by atomic mass is 10.0. The predicted octanol–water partition coefficient (Wildman–Crippen LogP) is 1.63. The van der Waals surface area contributed by atoms with Crippen molar-refractivity contribution in [1.29, 1.82) is 0 Å². The van der Waals surface area contributed by atoms with Crippen LogP contribution >= 0.6 is 0 Å². The van der Waals surface area contributed by atoms with Crippen LogP contribution in [0.2, 0.25) is 0 Å².